The second-order valence-electron chi connectivity index (χ2n) is 3.53. The highest BCUT2D eigenvalue weighted by atomic mass is 127. The summed E-state index contributed by atoms with van der Waals surface area (Å²) in [5, 5.41) is 10.8. The van der Waals surface area contributed by atoms with E-state index in [-0.39, 0.29) is 5.75 Å². The number of hydrogen-bond donors (Lipinski definition) is 0. The zero-order chi connectivity index (χ0) is 14.0. The molecule has 98 valence electrons. The van der Waals surface area contributed by atoms with E-state index >= 15 is 0 Å². The Bertz CT molecular complexity index is 649. The van der Waals surface area contributed by atoms with Gasteiger partial charge in [-0.2, -0.15) is 4.39 Å². The standard InChI is InChI=1S/C12H6F2INO3/c13-9-4-5-10(16(17)18)12(11(9)14)19-8-3-1-2-7(15)6-8/h1-6H. The summed E-state index contributed by atoms with van der Waals surface area (Å²) in [5.74, 6) is -3.12. The summed E-state index contributed by atoms with van der Waals surface area (Å²) in [5.41, 5.74) is -0.627. The van der Waals surface area contributed by atoms with Crippen molar-refractivity contribution in [3.63, 3.8) is 0 Å². The molecule has 0 aromatic heterocycles. The minimum Gasteiger partial charge on any atom is -0.447 e. The van der Waals surface area contributed by atoms with Gasteiger partial charge in [0.1, 0.15) is 5.75 Å². The van der Waals surface area contributed by atoms with Crippen molar-refractivity contribution in [1.82, 2.24) is 0 Å². The van der Waals surface area contributed by atoms with Crippen molar-refractivity contribution in [1.29, 1.82) is 0 Å². The molecule has 0 saturated heterocycles. The molecule has 0 amide bonds. The second-order valence-corrected chi connectivity index (χ2v) is 4.77. The van der Waals surface area contributed by atoms with Gasteiger partial charge in [0, 0.05) is 9.64 Å². The van der Waals surface area contributed by atoms with Gasteiger partial charge in [0.2, 0.25) is 11.6 Å². The second kappa shape index (κ2) is 5.47. The molecule has 0 saturated carbocycles. The van der Waals surface area contributed by atoms with Crippen molar-refractivity contribution in [3.05, 3.63) is 61.7 Å². The molecule has 0 spiro atoms. The van der Waals surface area contributed by atoms with Crippen LogP contribution < -0.4 is 4.74 Å². The highest BCUT2D eigenvalue weighted by molar-refractivity contribution is 14.1. The largest absolute Gasteiger partial charge is 0.447 e. The summed E-state index contributed by atoms with van der Waals surface area (Å²) in [6.07, 6.45) is 0. The van der Waals surface area contributed by atoms with Gasteiger partial charge in [0.05, 0.1) is 4.92 Å². The van der Waals surface area contributed by atoms with Crippen LogP contribution in [0.1, 0.15) is 0 Å². The fourth-order valence-electron chi connectivity index (χ4n) is 1.41. The van der Waals surface area contributed by atoms with Crippen molar-refractivity contribution >= 4 is 28.3 Å². The van der Waals surface area contributed by atoms with Gasteiger partial charge < -0.3 is 4.74 Å². The molecule has 0 bridgehead atoms. The summed E-state index contributed by atoms with van der Waals surface area (Å²) in [4.78, 5) is 9.95. The van der Waals surface area contributed by atoms with Crippen molar-refractivity contribution in [2.45, 2.75) is 0 Å². The lowest BCUT2D eigenvalue weighted by Crippen LogP contribution is -1.98. The van der Waals surface area contributed by atoms with Crippen molar-refractivity contribution in [2.75, 3.05) is 0 Å². The van der Waals surface area contributed by atoms with Gasteiger partial charge in [-0.1, -0.05) is 6.07 Å². The molecule has 2 aromatic rings. The highest BCUT2D eigenvalue weighted by Crippen LogP contribution is 2.35. The molecule has 0 aliphatic rings. The van der Waals surface area contributed by atoms with Gasteiger partial charge in [-0.3, -0.25) is 10.1 Å². The monoisotopic (exact) mass is 377 g/mol. The summed E-state index contributed by atoms with van der Waals surface area (Å²) < 4.78 is 32.6. The maximum absolute atomic E-state index is 13.6. The Hall–Kier alpha value is -1.77. The SMILES string of the molecule is O=[N+]([O-])c1ccc(F)c(F)c1Oc1cccc(I)c1. The van der Waals surface area contributed by atoms with Crippen LogP contribution in [0.4, 0.5) is 14.5 Å². The fourth-order valence-corrected chi connectivity index (χ4v) is 1.93. The number of nitro groups is 1. The molecule has 19 heavy (non-hydrogen) atoms. The highest BCUT2D eigenvalue weighted by Gasteiger charge is 2.23. The van der Waals surface area contributed by atoms with Crippen LogP contribution in [0, 0.1) is 25.3 Å². The maximum atomic E-state index is 13.6. The lowest BCUT2D eigenvalue weighted by atomic mass is 10.2. The van der Waals surface area contributed by atoms with E-state index < -0.39 is 28.0 Å². The molecule has 0 N–H and O–H groups in total. The van der Waals surface area contributed by atoms with Crippen LogP contribution in [0.15, 0.2) is 36.4 Å². The molecule has 4 nitrogen and oxygen atoms in total. The van der Waals surface area contributed by atoms with Crippen molar-refractivity contribution in [3.8, 4) is 11.5 Å². The Kier molecular flexibility index (Phi) is 3.93. The first-order valence-corrected chi connectivity index (χ1v) is 6.12. The lowest BCUT2D eigenvalue weighted by molar-refractivity contribution is -0.385. The summed E-state index contributed by atoms with van der Waals surface area (Å²) in [6.45, 7) is 0. The van der Waals surface area contributed by atoms with E-state index in [1.165, 1.54) is 6.07 Å². The van der Waals surface area contributed by atoms with Crippen LogP contribution >= 0.6 is 22.6 Å². The Balaban J connectivity index is 2.49. The Morgan fingerprint density at radius 3 is 2.58 bits per heavy atom. The van der Waals surface area contributed by atoms with Gasteiger partial charge in [-0.05, 0) is 46.9 Å². The lowest BCUT2D eigenvalue weighted by Gasteiger charge is -2.08. The Labute approximate surface area is 120 Å². The molecule has 0 radical (unpaired) electrons. The van der Waals surface area contributed by atoms with E-state index in [0.29, 0.717) is 6.07 Å². The quantitative estimate of drug-likeness (QED) is 0.456. The number of ether oxygens (including phenoxy) is 1. The van der Waals surface area contributed by atoms with Crippen LogP contribution in [-0.2, 0) is 0 Å². The zero-order valence-electron chi connectivity index (χ0n) is 9.27. The van der Waals surface area contributed by atoms with Gasteiger partial charge >= 0.3 is 5.69 Å². The predicted octanol–water partition coefficient (Wildman–Crippen LogP) is 4.27. The molecule has 0 atom stereocenters. The average molecular weight is 377 g/mol. The first-order valence-electron chi connectivity index (χ1n) is 5.05. The predicted molar refractivity (Wildman–Crippen MR) is 72.2 cm³/mol. The number of nitrogens with zero attached hydrogens (tertiary/aromatic N) is 1. The Morgan fingerprint density at radius 1 is 1.21 bits per heavy atom. The van der Waals surface area contributed by atoms with Gasteiger partial charge in [0.15, 0.2) is 5.82 Å². The van der Waals surface area contributed by atoms with E-state index in [9.17, 15) is 18.9 Å². The van der Waals surface area contributed by atoms with Crippen LogP contribution in [0.2, 0.25) is 0 Å². The summed E-state index contributed by atoms with van der Waals surface area (Å²) >= 11 is 2.00. The fraction of sp³-hybridized carbons (Fsp3) is 0. The summed E-state index contributed by atoms with van der Waals surface area (Å²) in [7, 11) is 0. The zero-order valence-corrected chi connectivity index (χ0v) is 11.4. The van der Waals surface area contributed by atoms with Crippen LogP contribution in [0.3, 0.4) is 0 Å². The third-order valence-corrected chi connectivity index (χ3v) is 2.91. The molecule has 7 heteroatoms. The molecular weight excluding hydrogens is 371 g/mol. The minimum atomic E-state index is -1.38. The van der Waals surface area contributed by atoms with Crippen molar-refractivity contribution in [2.24, 2.45) is 0 Å². The molecule has 2 aromatic carbocycles. The molecular formula is C12H6F2INO3. The molecule has 0 heterocycles. The first-order chi connectivity index (χ1) is 8.99. The maximum Gasteiger partial charge on any atom is 0.314 e. The van der Waals surface area contributed by atoms with E-state index in [4.69, 9.17) is 4.74 Å². The van der Waals surface area contributed by atoms with Gasteiger partial charge in [-0.25, -0.2) is 4.39 Å². The number of halogens is 3. The molecule has 0 aliphatic carbocycles. The molecule has 0 fully saturated rings. The van der Waals surface area contributed by atoms with E-state index in [0.717, 1.165) is 9.64 Å². The van der Waals surface area contributed by atoms with Crippen molar-refractivity contribution < 1.29 is 18.4 Å². The number of hydrogen-bond acceptors (Lipinski definition) is 3. The van der Waals surface area contributed by atoms with Gasteiger partial charge in [0.25, 0.3) is 0 Å². The third-order valence-electron chi connectivity index (χ3n) is 2.24. The van der Waals surface area contributed by atoms with Crippen LogP contribution in [-0.4, -0.2) is 4.92 Å². The normalized spacial score (nSPS) is 10.3. The van der Waals surface area contributed by atoms with Crippen LogP contribution in [0.5, 0.6) is 11.5 Å². The Morgan fingerprint density at radius 2 is 1.95 bits per heavy atom. The first kappa shape index (κ1) is 13.7. The summed E-state index contributed by atoms with van der Waals surface area (Å²) in [6, 6.07) is 8.01. The average Bonchev–Trinajstić information content (AvgIpc) is 2.35. The minimum absolute atomic E-state index is 0.194. The van der Waals surface area contributed by atoms with E-state index in [1.807, 2.05) is 22.6 Å². The molecule has 0 aliphatic heterocycles. The topological polar surface area (TPSA) is 52.4 Å². The third kappa shape index (κ3) is 2.98. The van der Waals surface area contributed by atoms with E-state index in [1.54, 1.807) is 18.2 Å². The van der Waals surface area contributed by atoms with Crippen LogP contribution in [0.25, 0.3) is 0 Å². The van der Waals surface area contributed by atoms with E-state index in [2.05, 4.69) is 0 Å². The smallest absolute Gasteiger partial charge is 0.314 e. The molecule has 0 unspecified atom stereocenters. The number of rotatable bonds is 3. The number of benzene rings is 2. The van der Waals surface area contributed by atoms with Gasteiger partial charge in [-0.15, -0.1) is 0 Å². The number of nitro benzene ring substituents is 1. The molecule has 2 rings (SSSR count).